The predicted molar refractivity (Wildman–Crippen MR) is 140 cm³/mol. The van der Waals surface area contributed by atoms with E-state index in [4.69, 9.17) is 0 Å². The Bertz CT molecular complexity index is 1220. The van der Waals surface area contributed by atoms with Crippen LogP contribution < -0.4 is 10.2 Å². The minimum absolute atomic E-state index is 0.0284. The lowest BCUT2D eigenvalue weighted by Crippen LogP contribution is -2.29. The van der Waals surface area contributed by atoms with Crippen molar-refractivity contribution in [3.8, 4) is 0 Å². The monoisotopic (exact) mass is 485 g/mol. The first kappa shape index (κ1) is 24.2. The molecule has 1 unspecified atom stereocenters. The molecule has 3 aromatic rings. The van der Waals surface area contributed by atoms with Crippen molar-refractivity contribution in [3.05, 3.63) is 101 Å². The van der Waals surface area contributed by atoms with E-state index >= 15 is 0 Å². The van der Waals surface area contributed by atoms with Crippen molar-refractivity contribution < 1.29 is 14.0 Å². The molecule has 1 fully saturated rings. The number of carbonyl (C=O) groups excluding carboxylic acids is 2. The van der Waals surface area contributed by atoms with E-state index in [1.54, 1.807) is 23.1 Å². The predicted octanol–water partition coefficient (Wildman–Crippen LogP) is 4.91. The van der Waals surface area contributed by atoms with Crippen LogP contribution in [-0.4, -0.2) is 42.9 Å². The van der Waals surface area contributed by atoms with Gasteiger partial charge >= 0.3 is 0 Å². The third-order valence-corrected chi connectivity index (χ3v) is 7.24. The van der Waals surface area contributed by atoms with Crippen molar-refractivity contribution in [2.45, 2.75) is 38.1 Å². The highest BCUT2D eigenvalue weighted by molar-refractivity contribution is 6.05. The fraction of sp³-hybridized carbons (Fsp3) is 0.333. The first-order valence-electron chi connectivity index (χ1n) is 12.8. The Morgan fingerprint density at radius 2 is 1.67 bits per heavy atom. The molecule has 5 rings (SSSR count). The first-order chi connectivity index (χ1) is 17.6. The van der Waals surface area contributed by atoms with E-state index in [1.807, 2.05) is 48.5 Å². The highest BCUT2D eigenvalue weighted by atomic mass is 19.1. The SMILES string of the molecule is O=C(NCCCN1CCCC1)c1ccc(CC2C(=O)N(Cc3ccccc3F)c3ccccc32)cc1. The molecule has 0 aromatic heterocycles. The Balaban J connectivity index is 1.21. The average Bonchev–Trinajstić information content (AvgIpc) is 3.51. The van der Waals surface area contributed by atoms with Crippen molar-refractivity contribution in [3.63, 3.8) is 0 Å². The van der Waals surface area contributed by atoms with Crippen LogP contribution in [-0.2, 0) is 17.8 Å². The van der Waals surface area contributed by atoms with Crippen LogP contribution >= 0.6 is 0 Å². The molecule has 1 saturated heterocycles. The normalized spacial score (nSPS) is 17.4. The van der Waals surface area contributed by atoms with Crippen molar-refractivity contribution in [1.29, 1.82) is 0 Å². The summed E-state index contributed by atoms with van der Waals surface area (Å²) in [5, 5.41) is 3.01. The number of hydrogen-bond donors (Lipinski definition) is 1. The highest BCUT2D eigenvalue weighted by Crippen LogP contribution is 2.40. The second-order valence-corrected chi connectivity index (χ2v) is 9.69. The summed E-state index contributed by atoms with van der Waals surface area (Å²) in [6.45, 7) is 4.25. The summed E-state index contributed by atoms with van der Waals surface area (Å²) >= 11 is 0. The number of halogens is 1. The molecule has 1 N–H and O–H groups in total. The van der Waals surface area contributed by atoms with Gasteiger partial charge in [0, 0.05) is 23.4 Å². The molecule has 0 radical (unpaired) electrons. The molecule has 0 spiro atoms. The van der Waals surface area contributed by atoms with E-state index in [9.17, 15) is 14.0 Å². The number of likely N-dealkylation sites (tertiary alicyclic amines) is 1. The summed E-state index contributed by atoms with van der Waals surface area (Å²) in [7, 11) is 0. The zero-order valence-electron chi connectivity index (χ0n) is 20.5. The van der Waals surface area contributed by atoms with Crippen molar-refractivity contribution >= 4 is 17.5 Å². The Kier molecular flexibility index (Phi) is 7.42. The molecule has 2 aliphatic heterocycles. The van der Waals surface area contributed by atoms with Gasteiger partial charge in [-0.3, -0.25) is 9.59 Å². The lowest BCUT2D eigenvalue weighted by molar-refractivity contribution is -0.119. The van der Waals surface area contributed by atoms with Crippen molar-refractivity contribution in [2.24, 2.45) is 0 Å². The standard InChI is InChI=1S/C30H32FN3O2/c31-27-10-3-1-8-24(27)21-34-28-11-4-2-9-25(28)26(30(34)36)20-22-12-14-23(15-13-22)29(35)32-16-7-19-33-17-5-6-18-33/h1-4,8-15,26H,5-7,16-21H2,(H,32,35). The number of nitrogens with zero attached hydrogens (tertiary/aromatic N) is 2. The third kappa shape index (κ3) is 5.34. The van der Waals surface area contributed by atoms with Crippen LogP contribution in [0.4, 0.5) is 10.1 Å². The molecule has 6 heteroatoms. The van der Waals surface area contributed by atoms with Gasteiger partial charge < -0.3 is 15.1 Å². The first-order valence-corrected chi connectivity index (χ1v) is 12.8. The van der Waals surface area contributed by atoms with E-state index in [0.29, 0.717) is 24.1 Å². The van der Waals surface area contributed by atoms with Crippen molar-refractivity contribution in [1.82, 2.24) is 10.2 Å². The molecule has 2 aliphatic rings. The summed E-state index contributed by atoms with van der Waals surface area (Å²) in [4.78, 5) is 30.1. The molecule has 36 heavy (non-hydrogen) atoms. The Labute approximate surface area is 211 Å². The summed E-state index contributed by atoms with van der Waals surface area (Å²) < 4.78 is 14.3. The summed E-state index contributed by atoms with van der Waals surface area (Å²) in [6.07, 6.45) is 4.04. The van der Waals surface area contributed by atoms with Crippen molar-refractivity contribution in [2.75, 3.05) is 31.1 Å². The van der Waals surface area contributed by atoms with Crippen LogP contribution in [0, 0.1) is 5.82 Å². The van der Waals surface area contributed by atoms with Gasteiger partial charge in [0.2, 0.25) is 5.91 Å². The number of hydrogen-bond acceptors (Lipinski definition) is 3. The van der Waals surface area contributed by atoms with Gasteiger partial charge in [0.1, 0.15) is 5.82 Å². The lowest BCUT2D eigenvalue weighted by Gasteiger charge is -2.18. The van der Waals surface area contributed by atoms with Gasteiger partial charge in [-0.05, 0) is 80.7 Å². The highest BCUT2D eigenvalue weighted by Gasteiger charge is 2.37. The van der Waals surface area contributed by atoms with Crippen LogP contribution in [0.15, 0.2) is 72.8 Å². The van der Waals surface area contributed by atoms with Gasteiger partial charge in [-0.15, -0.1) is 0 Å². The number of carbonyl (C=O) groups is 2. The Morgan fingerprint density at radius 1 is 0.944 bits per heavy atom. The molecule has 1 atom stereocenters. The quantitative estimate of drug-likeness (QED) is 0.438. The summed E-state index contributed by atoms with van der Waals surface area (Å²) in [6, 6.07) is 21.8. The summed E-state index contributed by atoms with van der Waals surface area (Å²) in [5.41, 5.74) is 3.90. The molecule has 0 saturated carbocycles. The molecule has 5 nitrogen and oxygen atoms in total. The molecule has 3 aromatic carbocycles. The van der Waals surface area contributed by atoms with Gasteiger partial charge in [-0.25, -0.2) is 4.39 Å². The fourth-order valence-corrected chi connectivity index (χ4v) is 5.27. The molecule has 2 heterocycles. The molecule has 2 amide bonds. The van der Waals surface area contributed by atoms with Crippen LogP contribution in [0.25, 0.3) is 0 Å². The zero-order valence-corrected chi connectivity index (χ0v) is 20.5. The van der Waals surface area contributed by atoms with Crippen LogP contribution in [0.3, 0.4) is 0 Å². The molecule has 186 valence electrons. The van der Waals surface area contributed by atoms with Crippen LogP contribution in [0.1, 0.15) is 52.2 Å². The van der Waals surface area contributed by atoms with Crippen LogP contribution in [0.2, 0.25) is 0 Å². The average molecular weight is 486 g/mol. The molecule has 0 aliphatic carbocycles. The number of rotatable bonds is 9. The Hall–Kier alpha value is -3.51. The van der Waals surface area contributed by atoms with E-state index in [0.717, 1.165) is 29.8 Å². The molecular weight excluding hydrogens is 453 g/mol. The number of nitrogens with one attached hydrogen (secondary N) is 1. The number of anilines is 1. The van der Waals surface area contributed by atoms with E-state index < -0.39 is 0 Å². The van der Waals surface area contributed by atoms with Crippen LogP contribution in [0.5, 0.6) is 0 Å². The molecule has 0 bridgehead atoms. The van der Waals surface area contributed by atoms with Gasteiger partial charge in [-0.1, -0.05) is 48.5 Å². The van der Waals surface area contributed by atoms with Gasteiger partial charge in [0.15, 0.2) is 0 Å². The smallest absolute Gasteiger partial charge is 0.251 e. The maximum absolute atomic E-state index is 14.3. The van der Waals surface area contributed by atoms with Gasteiger partial charge in [0.05, 0.1) is 12.5 Å². The number of benzene rings is 3. The molecular formula is C30H32FN3O2. The number of para-hydroxylation sites is 1. The van der Waals surface area contributed by atoms with E-state index in [1.165, 1.54) is 32.0 Å². The third-order valence-electron chi connectivity index (χ3n) is 7.24. The number of fused-ring (bicyclic) bond motifs is 1. The maximum Gasteiger partial charge on any atom is 0.251 e. The number of amides is 2. The van der Waals surface area contributed by atoms with Gasteiger partial charge in [-0.2, -0.15) is 0 Å². The largest absolute Gasteiger partial charge is 0.352 e. The second kappa shape index (κ2) is 11.0. The Morgan fingerprint density at radius 3 is 2.44 bits per heavy atom. The fourth-order valence-electron chi connectivity index (χ4n) is 5.27. The summed E-state index contributed by atoms with van der Waals surface area (Å²) in [5.74, 6) is -0.741. The minimum Gasteiger partial charge on any atom is -0.352 e. The zero-order chi connectivity index (χ0) is 24.9. The lowest BCUT2D eigenvalue weighted by atomic mass is 9.93. The minimum atomic E-state index is -0.335. The van der Waals surface area contributed by atoms with E-state index in [-0.39, 0.29) is 30.1 Å². The maximum atomic E-state index is 14.3. The van der Waals surface area contributed by atoms with E-state index in [2.05, 4.69) is 10.2 Å². The van der Waals surface area contributed by atoms with Gasteiger partial charge in [0.25, 0.3) is 5.91 Å². The topological polar surface area (TPSA) is 52.7 Å². The second-order valence-electron chi connectivity index (χ2n) is 9.69.